The number of nitrogen functional groups attached to an aromatic ring is 1. The van der Waals surface area contributed by atoms with Crippen LogP contribution in [0, 0.1) is 13.8 Å². The van der Waals surface area contributed by atoms with Gasteiger partial charge in [0.15, 0.2) is 0 Å². The highest BCUT2D eigenvalue weighted by Gasteiger charge is 2.05. The number of rotatable bonds is 3. The zero-order valence-electron chi connectivity index (χ0n) is 11.1. The second-order valence-corrected chi connectivity index (χ2v) is 4.51. The molecule has 0 aliphatic rings. The summed E-state index contributed by atoms with van der Waals surface area (Å²) in [7, 11) is 0. The molecule has 3 N–H and O–H groups in total. The van der Waals surface area contributed by atoms with Crippen molar-refractivity contribution in [2.45, 2.75) is 27.2 Å². The quantitative estimate of drug-likeness (QED) is 0.863. The van der Waals surface area contributed by atoms with Gasteiger partial charge < -0.3 is 11.1 Å². The smallest absolute Gasteiger partial charge is 0.130 e. The number of hydrogen-bond donors (Lipinski definition) is 2. The maximum Gasteiger partial charge on any atom is 0.130 e. The second kappa shape index (κ2) is 5.08. The lowest BCUT2D eigenvalue weighted by Gasteiger charge is -2.14. The molecule has 1 aromatic carbocycles. The zero-order valence-corrected chi connectivity index (χ0v) is 11.1. The van der Waals surface area contributed by atoms with E-state index in [1.165, 1.54) is 11.1 Å². The molecule has 3 heteroatoms. The summed E-state index contributed by atoms with van der Waals surface area (Å²) in [6.45, 7) is 6.24. The molecule has 1 aromatic heterocycles. The summed E-state index contributed by atoms with van der Waals surface area (Å²) in [6.07, 6.45) is 2.69. The summed E-state index contributed by atoms with van der Waals surface area (Å²) in [5, 5.41) is 3.39. The predicted octanol–water partition coefficient (Wildman–Crippen LogP) is 3.59. The highest BCUT2D eigenvalue weighted by molar-refractivity contribution is 5.66. The summed E-state index contributed by atoms with van der Waals surface area (Å²) in [5.74, 6) is 0.839. The number of aromatic nitrogens is 1. The van der Waals surface area contributed by atoms with Gasteiger partial charge in [0.1, 0.15) is 5.82 Å². The van der Waals surface area contributed by atoms with Crippen LogP contribution < -0.4 is 11.1 Å². The predicted molar refractivity (Wildman–Crippen MR) is 77.2 cm³/mol. The lowest BCUT2D eigenvalue weighted by molar-refractivity contribution is 1.13. The van der Waals surface area contributed by atoms with Crippen molar-refractivity contribution < 1.29 is 0 Å². The Morgan fingerprint density at radius 3 is 2.67 bits per heavy atom. The molecule has 0 aliphatic carbocycles. The normalized spacial score (nSPS) is 10.4. The number of aryl methyl sites for hydroxylation is 3. The van der Waals surface area contributed by atoms with Crippen LogP contribution in [0.4, 0.5) is 17.2 Å². The molecule has 2 aromatic rings. The van der Waals surface area contributed by atoms with Crippen molar-refractivity contribution in [1.29, 1.82) is 0 Å². The number of pyridine rings is 1. The van der Waals surface area contributed by atoms with Crippen LogP contribution in [0.2, 0.25) is 0 Å². The lowest BCUT2D eigenvalue weighted by atomic mass is 10.1. The van der Waals surface area contributed by atoms with E-state index in [1.54, 1.807) is 6.20 Å². The third kappa shape index (κ3) is 2.45. The minimum absolute atomic E-state index is 0.723. The summed E-state index contributed by atoms with van der Waals surface area (Å²) in [6, 6.07) is 8.30. The third-order valence-electron chi connectivity index (χ3n) is 3.14. The van der Waals surface area contributed by atoms with Crippen molar-refractivity contribution in [1.82, 2.24) is 4.98 Å². The first-order chi connectivity index (χ1) is 8.61. The molecule has 0 atom stereocenters. The van der Waals surface area contributed by atoms with Gasteiger partial charge in [-0.1, -0.05) is 25.1 Å². The van der Waals surface area contributed by atoms with Crippen molar-refractivity contribution in [3.05, 3.63) is 47.2 Å². The maximum atomic E-state index is 5.78. The van der Waals surface area contributed by atoms with E-state index in [9.17, 15) is 0 Å². The van der Waals surface area contributed by atoms with Crippen molar-refractivity contribution in [3.8, 4) is 0 Å². The molecule has 0 aliphatic heterocycles. The number of nitrogens with two attached hydrogens (primary N) is 1. The van der Waals surface area contributed by atoms with Gasteiger partial charge in [0.05, 0.1) is 11.9 Å². The Labute approximate surface area is 108 Å². The Bertz CT molecular complexity index is 562. The number of anilines is 3. The SMILES string of the molecule is CCc1cccc(C)c1Nc1cc(C)c(N)cn1. The van der Waals surface area contributed by atoms with E-state index >= 15 is 0 Å². The first-order valence-corrected chi connectivity index (χ1v) is 6.19. The minimum Gasteiger partial charge on any atom is -0.397 e. The average Bonchev–Trinajstić information content (AvgIpc) is 2.36. The maximum absolute atomic E-state index is 5.78. The van der Waals surface area contributed by atoms with E-state index in [4.69, 9.17) is 5.73 Å². The van der Waals surface area contributed by atoms with E-state index in [0.717, 1.165) is 29.2 Å². The molecule has 0 amide bonds. The molecular formula is C15H19N3. The fourth-order valence-corrected chi connectivity index (χ4v) is 1.97. The fraction of sp³-hybridized carbons (Fsp3) is 0.267. The Morgan fingerprint density at radius 1 is 1.22 bits per heavy atom. The molecule has 0 spiro atoms. The number of para-hydroxylation sites is 1. The number of hydrogen-bond acceptors (Lipinski definition) is 3. The van der Waals surface area contributed by atoms with Gasteiger partial charge in [-0.25, -0.2) is 4.98 Å². The van der Waals surface area contributed by atoms with Crippen LogP contribution in [0.3, 0.4) is 0 Å². The van der Waals surface area contributed by atoms with Gasteiger partial charge in [-0.2, -0.15) is 0 Å². The van der Waals surface area contributed by atoms with Gasteiger partial charge in [-0.15, -0.1) is 0 Å². The van der Waals surface area contributed by atoms with Crippen LogP contribution in [0.15, 0.2) is 30.5 Å². The summed E-state index contributed by atoms with van der Waals surface area (Å²) < 4.78 is 0. The van der Waals surface area contributed by atoms with Gasteiger partial charge >= 0.3 is 0 Å². The van der Waals surface area contributed by atoms with Crippen molar-refractivity contribution in [3.63, 3.8) is 0 Å². The van der Waals surface area contributed by atoms with Crippen LogP contribution in [0.1, 0.15) is 23.6 Å². The minimum atomic E-state index is 0.723. The highest BCUT2D eigenvalue weighted by Crippen LogP contribution is 2.25. The number of nitrogens with zero attached hydrogens (tertiary/aromatic N) is 1. The van der Waals surface area contributed by atoms with Gasteiger partial charge in [0.25, 0.3) is 0 Å². The average molecular weight is 241 g/mol. The van der Waals surface area contributed by atoms with E-state index in [2.05, 4.69) is 42.3 Å². The van der Waals surface area contributed by atoms with Crippen LogP contribution in [-0.4, -0.2) is 4.98 Å². The standard InChI is InChI=1S/C15H19N3/c1-4-12-7-5-6-10(2)15(12)18-14-8-11(3)13(16)9-17-14/h5-9H,4,16H2,1-3H3,(H,17,18). The van der Waals surface area contributed by atoms with Gasteiger partial charge in [0, 0.05) is 5.69 Å². The zero-order chi connectivity index (χ0) is 13.1. The van der Waals surface area contributed by atoms with Crippen LogP contribution >= 0.6 is 0 Å². The van der Waals surface area contributed by atoms with Crippen LogP contribution in [0.25, 0.3) is 0 Å². The number of nitrogens with one attached hydrogen (secondary N) is 1. The fourth-order valence-electron chi connectivity index (χ4n) is 1.97. The molecule has 0 radical (unpaired) electrons. The Hall–Kier alpha value is -2.03. The molecule has 2 rings (SSSR count). The first-order valence-electron chi connectivity index (χ1n) is 6.19. The van der Waals surface area contributed by atoms with Gasteiger partial charge in [0.2, 0.25) is 0 Å². The summed E-state index contributed by atoms with van der Waals surface area (Å²) in [5.41, 5.74) is 11.2. The third-order valence-corrected chi connectivity index (χ3v) is 3.14. The van der Waals surface area contributed by atoms with E-state index in [-0.39, 0.29) is 0 Å². The molecule has 0 saturated carbocycles. The molecular weight excluding hydrogens is 222 g/mol. The number of benzene rings is 1. The van der Waals surface area contributed by atoms with Gasteiger partial charge in [-0.3, -0.25) is 0 Å². The highest BCUT2D eigenvalue weighted by atomic mass is 15.0. The Morgan fingerprint density at radius 2 is 2.00 bits per heavy atom. The van der Waals surface area contributed by atoms with Crippen LogP contribution in [-0.2, 0) is 6.42 Å². The van der Waals surface area contributed by atoms with Gasteiger partial charge in [-0.05, 0) is 43.0 Å². The topological polar surface area (TPSA) is 50.9 Å². The molecule has 0 saturated heterocycles. The largest absolute Gasteiger partial charge is 0.397 e. The monoisotopic (exact) mass is 241 g/mol. The first kappa shape index (κ1) is 12.4. The van der Waals surface area contributed by atoms with E-state index in [1.807, 2.05) is 13.0 Å². The lowest BCUT2D eigenvalue weighted by Crippen LogP contribution is -2.01. The van der Waals surface area contributed by atoms with E-state index in [0.29, 0.717) is 0 Å². The van der Waals surface area contributed by atoms with Crippen molar-refractivity contribution in [2.24, 2.45) is 0 Å². The Kier molecular flexibility index (Phi) is 3.51. The van der Waals surface area contributed by atoms with Crippen molar-refractivity contribution in [2.75, 3.05) is 11.1 Å². The molecule has 94 valence electrons. The molecule has 3 nitrogen and oxygen atoms in total. The molecule has 1 heterocycles. The van der Waals surface area contributed by atoms with Crippen LogP contribution in [0.5, 0.6) is 0 Å². The Balaban J connectivity index is 2.36. The summed E-state index contributed by atoms with van der Waals surface area (Å²) in [4.78, 5) is 4.31. The van der Waals surface area contributed by atoms with Crippen molar-refractivity contribution >= 4 is 17.2 Å². The second-order valence-electron chi connectivity index (χ2n) is 4.51. The molecule has 0 bridgehead atoms. The molecule has 0 fully saturated rings. The summed E-state index contributed by atoms with van der Waals surface area (Å²) >= 11 is 0. The van der Waals surface area contributed by atoms with E-state index < -0.39 is 0 Å². The molecule has 18 heavy (non-hydrogen) atoms. The molecule has 0 unspecified atom stereocenters.